The highest BCUT2D eigenvalue weighted by molar-refractivity contribution is 8.01. The Morgan fingerprint density at radius 3 is 3.00 bits per heavy atom. The summed E-state index contributed by atoms with van der Waals surface area (Å²) in [5, 5.41) is 18.7. The standard InChI is InChI=1S/C11H14O3S2/c1-2-6-3-8-9(12)4-7(5-10(13)14)16-11(8)15-6/h3,7,9,12H,2,4-5H2,1H3,(H,13,14). The Morgan fingerprint density at radius 1 is 1.62 bits per heavy atom. The minimum Gasteiger partial charge on any atom is -0.481 e. The van der Waals surface area contributed by atoms with Crippen molar-refractivity contribution in [1.82, 2.24) is 0 Å². The summed E-state index contributed by atoms with van der Waals surface area (Å²) in [5.74, 6) is -0.791. The third-order valence-corrected chi connectivity index (χ3v) is 5.42. The van der Waals surface area contributed by atoms with Crippen LogP contribution >= 0.6 is 23.1 Å². The molecule has 0 fully saturated rings. The van der Waals surface area contributed by atoms with E-state index >= 15 is 0 Å². The van der Waals surface area contributed by atoms with Crippen molar-refractivity contribution in [2.75, 3.05) is 0 Å². The largest absolute Gasteiger partial charge is 0.481 e. The zero-order valence-electron chi connectivity index (χ0n) is 8.97. The van der Waals surface area contributed by atoms with E-state index in [4.69, 9.17) is 5.11 Å². The van der Waals surface area contributed by atoms with Crippen LogP contribution in [-0.4, -0.2) is 21.4 Å². The number of carbonyl (C=O) groups is 1. The smallest absolute Gasteiger partial charge is 0.304 e. The number of aryl methyl sites for hydroxylation is 1. The number of hydrogen-bond donors (Lipinski definition) is 2. The molecule has 5 heteroatoms. The predicted molar refractivity (Wildman–Crippen MR) is 65.2 cm³/mol. The van der Waals surface area contributed by atoms with E-state index < -0.39 is 12.1 Å². The maximum atomic E-state index is 10.7. The normalized spacial score (nSPS) is 24.1. The molecule has 16 heavy (non-hydrogen) atoms. The lowest BCUT2D eigenvalue weighted by molar-refractivity contribution is -0.137. The lowest BCUT2D eigenvalue weighted by Crippen LogP contribution is -2.17. The number of thioether (sulfide) groups is 1. The van der Waals surface area contributed by atoms with E-state index in [1.165, 1.54) is 4.88 Å². The number of aliphatic hydroxyl groups excluding tert-OH is 1. The zero-order valence-corrected chi connectivity index (χ0v) is 10.6. The number of hydrogen-bond acceptors (Lipinski definition) is 4. The van der Waals surface area contributed by atoms with E-state index in [1.807, 2.05) is 0 Å². The number of aliphatic hydroxyl groups is 1. The number of aliphatic carboxylic acids is 1. The molecule has 0 aromatic carbocycles. The molecule has 0 spiro atoms. The van der Waals surface area contributed by atoms with Crippen LogP contribution in [0, 0.1) is 0 Å². The molecule has 2 heterocycles. The minimum absolute atomic E-state index is 0.00311. The van der Waals surface area contributed by atoms with Gasteiger partial charge in [-0.2, -0.15) is 0 Å². The Morgan fingerprint density at radius 2 is 2.38 bits per heavy atom. The van der Waals surface area contributed by atoms with Crippen molar-refractivity contribution in [3.63, 3.8) is 0 Å². The van der Waals surface area contributed by atoms with Crippen LogP contribution in [0.15, 0.2) is 10.3 Å². The van der Waals surface area contributed by atoms with E-state index in [0.29, 0.717) is 6.42 Å². The van der Waals surface area contributed by atoms with Crippen LogP contribution in [0.4, 0.5) is 0 Å². The predicted octanol–water partition coefficient (Wildman–Crippen LogP) is 2.68. The second-order valence-electron chi connectivity index (χ2n) is 3.90. The molecule has 88 valence electrons. The molecule has 0 aliphatic carbocycles. The molecule has 1 aliphatic rings. The average molecular weight is 258 g/mol. The maximum Gasteiger partial charge on any atom is 0.304 e. The lowest BCUT2D eigenvalue weighted by Gasteiger charge is -2.24. The fraction of sp³-hybridized carbons (Fsp3) is 0.545. The maximum absolute atomic E-state index is 10.7. The van der Waals surface area contributed by atoms with Gasteiger partial charge in [0.15, 0.2) is 0 Å². The SMILES string of the molecule is CCc1cc2c(s1)SC(CC(=O)O)CC2O. The van der Waals surface area contributed by atoms with Gasteiger partial charge in [0.2, 0.25) is 0 Å². The first-order chi connectivity index (χ1) is 7.60. The van der Waals surface area contributed by atoms with Gasteiger partial charge >= 0.3 is 5.97 Å². The second-order valence-corrected chi connectivity index (χ2v) is 6.60. The van der Waals surface area contributed by atoms with Gasteiger partial charge < -0.3 is 10.2 Å². The molecule has 2 atom stereocenters. The van der Waals surface area contributed by atoms with E-state index in [1.54, 1.807) is 23.1 Å². The van der Waals surface area contributed by atoms with Gasteiger partial charge in [0.25, 0.3) is 0 Å². The summed E-state index contributed by atoms with van der Waals surface area (Å²) in [6.07, 6.45) is 1.15. The molecule has 1 aromatic rings. The molecular formula is C11H14O3S2. The topological polar surface area (TPSA) is 57.5 Å². The Kier molecular flexibility index (Phi) is 3.56. The first-order valence-corrected chi connectivity index (χ1v) is 6.99. The Labute approximate surface area is 102 Å². The highest BCUT2D eigenvalue weighted by Crippen LogP contribution is 2.46. The van der Waals surface area contributed by atoms with E-state index in [-0.39, 0.29) is 11.7 Å². The molecule has 1 aromatic heterocycles. The lowest BCUT2D eigenvalue weighted by atomic mass is 10.1. The van der Waals surface area contributed by atoms with Crippen LogP contribution < -0.4 is 0 Å². The quantitative estimate of drug-likeness (QED) is 0.875. The van der Waals surface area contributed by atoms with Gasteiger partial charge in [-0.15, -0.1) is 23.1 Å². The van der Waals surface area contributed by atoms with Crippen LogP contribution in [0.3, 0.4) is 0 Å². The fourth-order valence-corrected chi connectivity index (χ4v) is 4.77. The molecule has 0 saturated carbocycles. The molecule has 0 amide bonds. The molecule has 0 radical (unpaired) electrons. The first-order valence-electron chi connectivity index (χ1n) is 5.29. The van der Waals surface area contributed by atoms with Crippen molar-refractivity contribution in [2.24, 2.45) is 0 Å². The monoisotopic (exact) mass is 258 g/mol. The number of carboxylic acids is 1. The Bertz CT molecular complexity index is 400. The molecule has 3 nitrogen and oxygen atoms in total. The number of carboxylic acid groups (broad SMARTS) is 1. The molecule has 0 bridgehead atoms. The number of rotatable bonds is 3. The fourth-order valence-electron chi connectivity index (χ4n) is 1.83. The van der Waals surface area contributed by atoms with Crippen LogP contribution in [0.25, 0.3) is 0 Å². The van der Waals surface area contributed by atoms with E-state index in [9.17, 15) is 9.90 Å². The number of fused-ring (bicyclic) bond motifs is 1. The van der Waals surface area contributed by atoms with Crippen molar-refractivity contribution in [3.8, 4) is 0 Å². The summed E-state index contributed by atoms with van der Waals surface area (Å²) in [6.45, 7) is 2.09. The third kappa shape index (κ3) is 2.42. The van der Waals surface area contributed by atoms with Crippen molar-refractivity contribution in [2.45, 2.75) is 41.7 Å². The van der Waals surface area contributed by atoms with Crippen molar-refractivity contribution >= 4 is 29.1 Å². The van der Waals surface area contributed by atoms with Crippen LogP contribution in [-0.2, 0) is 11.2 Å². The van der Waals surface area contributed by atoms with Crippen molar-refractivity contribution in [1.29, 1.82) is 0 Å². The zero-order chi connectivity index (χ0) is 11.7. The molecule has 2 unspecified atom stereocenters. The van der Waals surface area contributed by atoms with Gasteiger partial charge in [-0.3, -0.25) is 4.79 Å². The van der Waals surface area contributed by atoms with Crippen LogP contribution in [0.5, 0.6) is 0 Å². The van der Waals surface area contributed by atoms with Crippen LogP contribution in [0.1, 0.15) is 36.3 Å². The van der Waals surface area contributed by atoms with Gasteiger partial charge in [-0.25, -0.2) is 0 Å². The highest BCUT2D eigenvalue weighted by atomic mass is 32.2. The molecule has 0 saturated heterocycles. The van der Waals surface area contributed by atoms with E-state index in [0.717, 1.165) is 16.2 Å². The van der Waals surface area contributed by atoms with Crippen molar-refractivity contribution < 1.29 is 15.0 Å². The molecular weight excluding hydrogens is 244 g/mol. The van der Waals surface area contributed by atoms with Crippen LogP contribution in [0.2, 0.25) is 0 Å². The molecule has 1 aliphatic heterocycles. The summed E-state index contributed by atoms with van der Waals surface area (Å²) >= 11 is 3.28. The van der Waals surface area contributed by atoms with Crippen molar-refractivity contribution in [3.05, 3.63) is 16.5 Å². The summed E-state index contributed by atoms with van der Waals surface area (Å²) in [7, 11) is 0. The summed E-state index contributed by atoms with van der Waals surface area (Å²) in [5.41, 5.74) is 0.994. The molecule has 2 rings (SSSR count). The second kappa shape index (κ2) is 4.77. The van der Waals surface area contributed by atoms with Gasteiger partial charge in [-0.05, 0) is 18.9 Å². The third-order valence-electron chi connectivity index (χ3n) is 2.65. The summed E-state index contributed by atoms with van der Waals surface area (Å²) in [6, 6.07) is 2.05. The Balaban J connectivity index is 2.18. The first kappa shape index (κ1) is 12.0. The molecule has 2 N–H and O–H groups in total. The average Bonchev–Trinajstić information content (AvgIpc) is 2.60. The Hall–Kier alpha value is -0.520. The van der Waals surface area contributed by atoms with Gasteiger partial charge in [0.1, 0.15) is 0 Å². The highest BCUT2D eigenvalue weighted by Gasteiger charge is 2.29. The summed E-state index contributed by atoms with van der Waals surface area (Å²) in [4.78, 5) is 11.9. The van der Waals surface area contributed by atoms with Gasteiger partial charge in [-0.1, -0.05) is 6.92 Å². The van der Waals surface area contributed by atoms with E-state index in [2.05, 4.69) is 13.0 Å². The van der Waals surface area contributed by atoms with Gasteiger partial charge in [0, 0.05) is 15.7 Å². The van der Waals surface area contributed by atoms with Gasteiger partial charge in [0.05, 0.1) is 16.7 Å². The minimum atomic E-state index is -0.791. The summed E-state index contributed by atoms with van der Waals surface area (Å²) < 4.78 is 1.10. The number of thiophene rings is 1.